The van der Waals surface area contributed by atoms with Crippen molar-refractivity contribution in [2.75, 3.05) is 46.8 Å². The molecule has 3 amide bonds. The number of piperidine rings is 1. The lowest BCUT2D eigenvalue weighted by Gasteiger charge is -2.34. The number of benzene rings is 1. The van der Waals surface area contributed by atoms with Crippen molar-refractivity contribution < 1.29 is 9.59 Å². The van der Waals surface area contributed by atoms with E-state index in [2.05, 4.69) is 22.3 Å². The number of nitrogens with zero attached hydrogens (tertiary/aromatic N) is 3. The summed E-state index contributed by atoms with van der Waals surface area (Å²) in [6.45, 7) is 3.88. The summed E-state index contributed by atoms with van der Waals surface area (Å²) in [6.07, 6.45) is 3.71. The first-order valence-electron chi connectivity index (χ1n) is 10.1. The minimum absolute atomic E-state index is 0.0130. The van der Waals surface area contributed by atoms with Crippen LogP contribution in [0.25, 0.3) is 0 Å². The molecule has 2 heterocycles. The van der Waals surface area contributed by atoms with Crippen LogP contribution < -0.4 is 5.32 Å². The molecule has 1 N–H and O–H groups in total. The molecule has 2 aliphatic heterocycles. The second kappa shape index (κ2) is 9.22. The van der Waals surface area contributed by atoms with Gasteiger partial charge in [-0.1, -0.05) is 30.3 Å². The normalized spacial score (nSPS) is 19.4. The largest absolute Gasteiger partial charge is 0.348 e. The molecule has 148 valence electrons. The molecule has 0 bridgehead atoms. The number of likely N-dealkylation sites (N-methyl/N-ethyl adjacent to an activating group) is 1. The fourth-order valence-corrected chi connectivity index (χ4v) is 4.02. The molecule has 1 aromatic carbocycles. The van der Waals surface area contributed by atoms with Crippen molar-refractivity contribution >= 4 is 11.9 Å². The Balaban J connectivity index is 1.53. The number of nitrogens with one attached hydrogen (secondary N) is 1. The van der Waals surface area contributed by atoms with E-state index in [0.717, 1.165) is 50.9 Å². The number of rotatable bonds is 5. The monoisotopic (exact) mass is 372 g/mol. The van der Waals surface area contributed by atoms with Gasteiger partial charge in [-0.2, -0.15) is 0 Å². The van der Waals surface area contributed by atoms with Crippen LogP contribution in [0.5, 0.6) is 0 Å². The molecule has 0 radical (unpaired) electrons. The Labute approximate surface area is 162 Å². The van der Waals surface area contributed by atoms with Gasteiger partial charge in [-0.3, -0.25) is 4.79 Å². The summed E-state index contributed by atoms with van der Waals surface area (Å²) in [5.74, 6) is 0.0972. The summed E-state index contributed by atoms with van der Waals surface area (Å²) in [4.78, 5) is 31.3. The third kappa shape index (κ3) is 5.22. The van der Waals surface area contributed by atoms with Crippen LogP contribution in [0.4, 0.5) is 4.79 Å². The van der Waals surface area contributed by atoms with Gasteiger partial charge < -0.3 is 20.0 Å². The van der Waals surface area contributed by atoms with Crippen LogP contribution >= 0.6 is 0 Å². The molecule has 2 aliphatic rings. The zero-order chi connectivity index (χ0) is 19.2. The van der Waals surface area contributed by atoms with E-state index in [9.17, 15) is 9.59 Å². The van der Waals surface area contributed by atoms with Crippen LogP contribution in [0, 0.1) is 5.92 Å². The van der Waals surface area contributed by atoms with E-state index in [4.69, 9.17) is 0 Å². The number of hydrogen-bond acceptors (Lipinski definition) is 3. The Bertz CT molecular complexity index is 620. The highest BCUT2D eigenvalue weighted by Gasteiger charge is 2.31. The molecule has 1 aromatic rings. The number of likely N-dealkylation sites (tertiary alicyclic amines) is 2. The summed E-state index contributed by atoms with van der Waals surface area (Å²) in [5, 5.41) is 3.24. The fraction of sp³-hybridized carbons (Fsp3) is 0.619. The summed E-state index contributed by atoms with van der Waals surface area (Å²) >= 11 is 0. The first-order valence-corrected chi connectivity index (χ1v) is 10.1. The fourth-order valence-electron chi connectivity index (χ4n) is 4.02. The average Bonchev–Trinajstić information content (AvgIpc) is 3.22. The second-order valence-corrected chi connectivity index (χ2v) is 7.97. The maximum Gasteiger partial charge on any atom is 0.319 e. The summed E-state index contributed by atoms with van der Waals surface area (Å²) in [7, 11) is 4.04. The highest BCUT2D eigenvalue weighted by Crippen LogP contribution is 2.22. The van der Waals surface area contributed by atoms with E-state index < -0.39 is 0 Å². The van der Waals surface area contributed by atoms with Crippen molar-refractivity contribution in [1.29, 1.82) is 0 Å². The van der Waals surface area contributed by atoms with Crippen LogP contribution in [-0.4, -0.2) is 73.5 Å². The minimum Gasteiger partial charge on any atom is -0.348 e. The van der Waals surface area contributed by atoms with Gasteiger partial charge in [-0.25, -0.2) is 4.79 Å². The Hall–Kier alpha value is -2.08. The summed E-state index contributed by atoms with van der Waals surface area (Å²) < 4.78 is 0. The van der Waals surface area contributed by atoms with Crippen LogP contribution in [0.15, 0.2) is 30.3 Å². The Kier molecular flexibility index (Phi) is 6.72. The third-order valence-electron chi connectivity index (χ3n) is 5.58. The molecule has 0 saturated carbocycles. The lowest BCUT2D eigenvalue weighted by Crippen LogP contribution is -2.48. The van der Waals surface area contributed by atoms with Crippen LogP contribution in [0.2, 0.25) is 0 Å². The molecule has 0 aromatic heterocycles. The molecule has 2 saturated heterocycles. The molecule has 0 spiro atoms. The first-order chi connectivity index (χ1) is 13.0. The molecule has 1 unspecified atom stereocenters. The van der Waals surface area contributed by atoms with Gasteiger partial charge in [0, 0.05) is 38.6 Å². The van der Waals surface area contributed by atoms with Crippen molar-refractivity contribution in [3.05, 3.63) is 35.9 Å². The molecule has 0 aliphatic carbocycles. The molecule has 1 atom stereocenters. The molecule has 3 rings (SSSR count). The van der Waals surface area contributed by atoms with E-state index in [1.807, 2.05) is 42.1 Å². The zero-order valence-corrected chi connectivity index (χ0v) is 16.6. The average molecular weight is 373 g/mol. The van der Waals surface area contributed by atoms with Crippen molar-refractivity contribution in [3.63, 3.8) is 0 Å². The maximum absolute atomic E-state index is 12.9. The van der Waals surface area contributed by atoms with Gasteiger partial charge in [0.1, 0.15) is 0 Å². The lowest BCUT2D eigenvalue weighted by atomic mass is 9.95. The van der Waals surface area contributed by atoms with Crippen LogP contribution in [0.1, 0.15) is 37.3 Å². The third-order valence-corrected chi connectivity index (χ3v) is 5.58. The van der Waals surface area contributed by atoms with E-state index in [1.54, 1.807) is 0 Å². The highest BCUT2D eigenvalue weighted by molar-refractivity contribution is 5.80. The van der Waals surface area contributed by atoms with Crippen molar-refractivity contribution in [3.8, 4) is 0 Å². The van der Waals surface area contributed by atoms with Gasteiger partial charge in [0.25, 0.3) is 0 Å². The van der Waals surface area contributed by atoms with Crippen LogP contribution in [-0.2, 0) is 4.79 Å². The van der Waals surface area contributed by atoms with Crippen molar-refractivity contribution in [1.82, 2.24) is 20.0 Å². The number of amides is 3. The molecule has 6 nitrogen and oxygen atoms in total. The standard InChI is InChI=1S/C21H32N4O2/c1-23(2)16-19(17-8-4-3-5-9-17)22-20(26)18-10-14-25(15-11-18)21(27)24-12-6-7-13-24/h3-5,8-9,18-19H,6-7,10-16H2,1-2H3,(H,22,26). The number of carbonyl (C=O) groups is 2. The van der Waals surface area contributed by atoms with Gasteiger partial charge in [0.2, 0.25) is 5.91 Å². The SMILES string of the molecule is CN(C)CC(NC(=O)C1CCN(C(=O)N2CCCC2)CC1)c1ccccc1. The van der Waals surface area contributed by atoms with Gasteiger partial charge in [-0.15, -0.1) is 0 Å². The lowest BCUT2D eigenvalue weighted by molar-refractivity contribution is -0.127. The molecular weight excluding hydrogens is 340 g/mol. The van der Waals surface area contributed by atoms with E-state index in [0.29, 0.717) is 13.1 Å². The quantitative estimate of drug-likeness (QED) is 0.863. The molecule has 2 fully saturated rings. The van der Waals surface area contributed by atoms with E-state index in [1.165, 1.54) is 0 Å². The predicted octanol–water partition coefficient (Wildman–Crippen LogP) is 2.33. The minimum atomic E-state index is -0.0158. The molecular formula is C21H32N4O2. The van der Waals surface area contributed by atoms with Gasteiger partial charge >= 0.3 is 6.03 Å². The summed E-state index contributed by atoms with van der Waals surface area (Å²) in [6, 6.07) is 10.3. The predicted molar refractivity (Wildman–Crippen MR) is 106 cm³/mol. The number of hydrogen-bond donors (Lipinski definition) is 1. The van der Waals surface area contributed by atoms with Crippen molar-refractivity contribution in [2.45, 2.75) is 31.7 Å². The first kappa shape index (κ1) is 19.7. The highest BCUT2D eigenvalue weighted by atomic mass is 16.2. The number of carbonyl (C=O) groups excluding carboxylic acids is 2. The summed E-state index contributed by atoms with van der Waals surface area (Å²) in [5.41, 5.74) is 1.13. The second-order valence-electron chi connectivity index (χ2n) is 7.97. The Morgan fingerprint density at radius 1 is 1.04 bits per heavy atom. The topological polar surface area (TPSA) is 55.9 Å². The molecule has 6 heteroatoms. The van der Waals surface area contributed by atoms with Gasteiger partial charge in [-0.05, 0) is 45.3 Å². The van der Waals surface area contributed by atoms with E-state index >= 15 is 0 Å². The van der Waals surface area contributed by atoms with E-state index in [-0.39, 0.29) is 23.9 Å². The molecule has 27 heavy (non-hydrogen) atoms. The zero-order valence-electron chi connectivity index (χ0n) is 16.6. The maximum atomic E-state index is 12.9. The van der Waals surface area contributed by atoms with Gasteiger partial charge in [0.05, 0.1) is 6.04 Å². The Morgan fingerprint density at radius 2 is 1.63 bits per heavy atom. The Morgan fingerprint density at radius 3 is 2.22 bits per heavy atom. The smallest absolute Gasteiger partial charge is 0.319 e. The van der Waals surface area contributed by atoms with Gasteiger partial charge in [0.15, 0.2) is 0 Å². The van der Waals surface area contributed by atoms with Crippen LogP contribution in [0.3, 0.4) is 0 Å². The van der Waals surface area contributed by atoms with Crippen molar-refractivity contribution in [2.24, 2.45) is 5.92 Å². The number of urea groups is 1.